The largest absolute Gasteiger partial charge is 0.344 e. The molecular formula is C18H17N3O. The molecule has 0 unspecified atom stereocenters. The molecule has 2 heterocycles. The number of benzene rings is 1. The first kappa shape index (κ1) is 14.2. The van der Waals surface area contributed by atoms with E-state index in [1.165, 1.54) is 0 Å². The van der Waals surface area contributed by atoms with Gasteiger partial charge in [0.1, 0.15) is 0 Å². The van der Waals surface area contributed by atoms with Crippen LogP contribution < -0.4 is 5.32 Å². The van der Waals surface area contributed by atoms with Crippen LogP contribution in [0.3, 0.4) is 0 Å². The van der Waals surface area contributed by atoms with E-state index in [1.807, 2.05) is 62.4 Å². The number of amides is 1. The zero-order valence-corrected chi connectivity index (χ0v) is 12.6. The Hall–Kier alpha value is -2.75. The lowest BCUT2D eigenvalue weighted by Crippen LogP contribution is -2.27. The molecule has 0 aliphatic carbocycles. The lowest BCUT2D eigenvalue weighted by Gasteiger charge is -2.14. The summed E-state index contributed by atoms with van der Waals surface area (Å²) in [6.45, 7) is 3.82. The highest BCUT2D eigenvalue weighted by Crippen LogP contribution is 2.19. The predicted octanol–water partition coefficient (Wildman–Crippen LogP) is 3.43. The maximum Gasteiger partial charge on any atom is 0.252 e. The fraction of sp³-hybridized carbons (Fsp3) is 0.167. The zero-order chi connectivity index (χ0) is 15.5. The summed E-state index contributed by atoms with van der Waals surface area (Å²) in [6, 6.07) is 15.0. The van der Waals surface area contributed by atoms with Crippen molar-refractivity contribution in [3.8, 4) is 0 Å². The number of rotatable bonds is 3. The standard InChI is InChI=1S/C18H17N3O/c1-12-11-15(14-7-3-4-9-17(14)20-12)18(22)21-13(2)16-8-5-6-10-19-16/h3-11,13H,1-2H3,(H,21,22)/t13-/m1/s1. The van der Waals surface area contributed by atoms with Crippen molar-refractivity contribution < 1.29 is 4.79 Å². The minimum Gasteiger partial charge on any atom is -0.344 e. The number of carbonyl (C=O) groups is 1. The maximum absolute atomic E-state index is 12.6. The van der Waals surface area contributed by atoms with Crippen LogP contribution in [-0.4, -0.2) is 15.9 Å². The Bertz CT molecular complexity index is 815. The molecule has 0 saturated heterocycles. The SMILES string of the molecule is Cc1cc(C(=O)N[C@H](C)c2ccccn2)c2ccccc2n1. The van der Waals surface area contributed by atoms with Gasteiger partial charge in [-0.1, -0.05) is 24.3 Å². The minimum atomic E-state index is -0.152. The first-order valence-electron chi connectivity index (χ1n) is 7.23. The van der Waals surface area contributed by atoms with E-state index >= 15 is 0 Å². The summed E-state index contributed by atoms with van der Waals surface area (Å²) < 4.78 is 0. The highest BCUT2D eigenvalue weighted by Gasteiger charge is 2.15. The number of hydrogen-bond donors (Lipinski definition) is 1. The van der Waals surface area contributed by atoms with Crippen LogP contribution in [-0.2, 0) is 0 Å². The molecule has 0 fully saturated rings. The molecule has 22 heavy (non-hydrogen) atoms. The Balaban J connectivity index is 1.93. The Morgan fingerprint density at radius 1 is 1.14 bits per heavy atom. The third kappa shape index (κ3) is 2.81. The van der Waals surface area contributed by atoms with Gasteiger partial charge < -0.3 is 5.32 Å². The normalized spacial score (nSPS) is 12.1. The average Bonchev–Trinajstić information content (AvgIpc) is 2.54. The molecule has 0 saturated carbocycles. The van der Waals surface area contributed by atoms with Crippen molar-refractivity contribution in [1.29, 1.82) is 0 Å². The number of para-hydroxylation sites is 1. The average molecular weight is 291 g/mol. The lowest BCUT2D eigenvalue weighted by atomic mass is 10.1. The second-order valence-corrected chi connectivity index (χ2v) is 5.28. The van der Waals surface area contributed by atoms with Crippen LogP contribution in [0.2, 0.25) is 0 Å². The minimum absolute atomic E-state index is 0.111. The van der Waals surface area contributed by atoms with E-state index in [4.69, 9.17) is 0 Å². The molecule has 0 bridgehead atoms. The van der Waals surface area contributed by atoms with Crippen LogP contribution in [0.15, 0.2) is 54.7 Å². The number of nitrogens with one attached hydrogen (secondary N) is 1. The van der Waals surface area contributed by atoms with Crippen LogP contribution in [0.4, 0.5) is 0 Å². The smallest absolute Gasteiger partial charge is 0.252 e. The van der Waals surface area contributed by atoms with Crippen molar-refractivity contribution >= 4 is 16.8 Å². The van der Waals surface area contributed by atoms with Crippen molar-refractivity contribution in [1.82, 2.24) is 15.3 Å². The van der Waals surface area contributed by atoms with Gasteiger partial charge in [-0.2, -0.15) is 0 Å². The van der Waals surface area contributed by atoms with Crippen LogP contribution in [0.1, 0.15) is 34.7 Å². The molecule has 4 nitrogen and oxygen atoms in total. The molecule has 1 amide bonds. The van der Waals surface area contributed by atoms with Gasteiger partial charge in [-0.3, -0.25) is 14.8 Å². The summed E-state index contributed by atoms with van der Waals surface area (Å²) in [7, 11) is 0. The number of pyridine rings is 2. The van der Waals surface area contributed by atoms with Crippen molar-refractivity contribution in [2.45, 2.75) is 19.9 Å². The molecule has 0 spiro atoms. The third-order valence-corrected chi connectivity index (χ3v) is 3.57. The number of hydrogen-bond acceptors (Lipinski definition) is 3. The quantitative estimate of drug-likeness (QED) is 0.804. The monoisotopic (exact) mass is 291 g/mol. The van der Waals surface area contributed by atoms with Crippen LogP contribution in [0.25, 0.3) is 10.9 Å². The van der Waals surface area contributed by atoms with Gasteiger partial charge in [0, 0.05) is 17.3 Å². The van der Waals surface area contributed by atoms with E-state index in [0.717, 1.165) is 22.3 Å². The summed E-state index contributed by atoms with van der Waals surface area (Å²) in [6.07, 6.45) is 1.73. The topological polar surface area (TPSA) is 54.9 Å². The van der Waals surface area contributed by atoms with E-state index < -0.39 is 0 Å². The number of carbonyl (C=O) groups excluding carboxylic acids is 1. The van der Waals surface area contributed by atoms with Gasteiger partial charge in [-0.25, -0.2) is 0 Å². The number of nitrogens with zero attached hydrogens (tertiary/aromatic N) is 2. The molecule has 3 rings (SSSR count). The van der Waals surface area contributed by atoms with E-state index in [-0.39, 0.29) is 11.9 Å². The number of aryl methyl sites for hydroxylation is 1. The molecule has 110 valence electrons. The molecule has 0 aliphatic rings. The van der Waals surface area contributed by atoms with Crippen LogP contribution in [0.5, 0.6) is 0 Å². The van der Waals surface area contributed by atoms with Crippen molar-refractivity contribution in [3.05, 3.63) is 71.7 Å². The van der Waals surface area contributed by atoms with Gasteiger partial charge in [-0.05, 0) is 38.1 Å². The molecule has 1 N–H and O–H groups in total. The first-order chi connectivity index (χ1) is 10.6. The van der Waals surface area contributed by atoms with E-state index in [0.29, 0.717) is 5.56 Å². The van der Waals surface area contributed by atoms with E-state index in [1.54, 1.807) is 6.20 Å². The summed E-state index contributed by atoms with van der Waals surface area (Å²) in [5.74, 6) is -0.111. The third-order valence-electron chi connectivity index (χ3n) is 3.57. The summed E-state index contributed by atoms with van der Waals surface area (Å²) in [5, 5.41) is 3.86. The first-order valence-corrected chi connectivity index (χ1v) is 7.23. The molecule has 4 heteroatoms. The van der Waals surface area contributed by atoms with Crippen molar-refractivity contribution in [2.75, 3.05) is 0 Å². The Morgan fingerprint density at radius 2 is 1.91 bits per heavy atom. The second kappa shape index (κ2) is 5.93. The fourth-order valence-corrected chi connectivity index (χ4v) is 2.48. The summed E-state index contributed by atoms with van der Waals surface area (Å²) >= 11 is 0. The molecule has 1 atom stereocenters. The van der Waals surface area contributed by atoms with Gasteiger partial charge >= 0.3 is 0 Å². The molecule has 2 aromatic heterocycles. The molecule has 1 aromatic carbocycles. The molecule has 3 aromatic rings. The Kier molecular flexibility index (Phi) is 3.83. The highest BCUT2D eigenvalue weighted by molar-refractivity contribution is 6.06. The van der Waals surface area contributed by atoms with Crippen molar-refractivity contribution in [3.63, 3.8) is 0 Å². The van der Waals surface area contributed by atoms with Crippen molar-refractivity contribution in [2.24, 2.45) is 0 Å². The lowest BCUT2D eigenvalue weighted by molar-refractivity contribution is 0.0940. The molecular weight excluding hydrogens is 274 g/mol. The summed E-state index contributed by atoms with van der Waals surface area (Å²) in [5.41, 5.74) is 3.14. The number of fused-ring (bicyclic) bond motifs is 1. The zero-order valence-electron chi connectivity index (χ0n) is 12.6. The second-order valence-electron chi connectivity index (χ2n) is 5.28. The fourth-order valence-electron chi connectivity index (χ4n) is 2.48. The van der Waals surface area contributed by atoms with Gasteiger partial charge in [0.05, 0.1) is 22.8 Å². The maximum atomic E-state index is 12.6. The molecule has 0 aliphatic heterocycles. The van der Waals surface area contributed by atoms with Crippen LogP contribution >= 0.6 is 0 Å². The van der Waals surface area contributed by atoms with Gasteiger partial charge in [0.2, 0.25) is 0 Å². The van der Waals surface area contributed by atoms with Gasteiger partial charge in [0.15, 0.2) is 0 Å². The predicted molar refractivity (Wildman–Crippen MR) is 86.6 cm³/mol. The van der Waals surface area contributed by atoms with Crippen LogP contribution in [0, 0.1) is 6.92 Å². The van der Waals surface area contributed by atoms with Gasteiger partial charge in [-0.15, -0.1) is 0 Å². The molecule has 0 radical (unpaired) electrons. The Morgan fingerprint density at radius 3 is 2.68 bits per heavy atom. The van der Waals surface area contributed by atoms with E-state index in [9.17, 15) is 4.79 Å². The van der Waals surface area contributed by atoms with E-state index in [2.05, 4.69) is 15.3 Å². The summed E-state index contributed by atoms with van der Waals surface area (Å²) in [4.78, 5) is 21.4. The highest BCUT2D eigenvalue weighted by atomic mass is 16.1. The number of aromatic nitrogens is 2. The Labute approximate surface area is 129 Å². The van der Waals surface area contributed by atoms with Gasteiger partial charge in [0.25, 0.3) is 5.91 Å².